The van der Waals surface area contributed by atoms with E-state index in [1.165, 1.54) is 13.3 Å². The Labute approximate surface area is 103 Å². The number of carbonyl (C=O) groups excluding carboxylic acids is 1. The largest absolute Gasteiger partial charge is 0.465 e. The molecule has 0 saturated carbocycles. The fourth-order valence-corrected chi connectivity index (χ4v) is 1.86. The Kier molecular flexibility index (Phi) is 3.02. The highest BCUT2D eigenvalue weighted by Gasteiger charge is 2.17. The van der Waals surface area contributed by atoms with E-state index in [9.17, 15) is 4.79 Å². The molecule has 2 aromatic rings. The number of fused-ring (bicyclic) bond motifs is 1. The average molecular weight is 254 g/mol. The minimum Gasteiger partial charge on any atom is -0.465 e. The van der Waals surface area contributed by atoms with Gasteiger partial charge in [-0.25, -0.2) is 14.5 Å². The van der Waals surface area contributed by atoms with Crippen molar-refractivity contribution in [3.63, 3.8) is 0 Å². The lowest BCUT2D eigenvalue weighted by Gasteiger charge is -2.07. The standard InChI is InChI=1S/C11H12ClN3O2/c1-6(2)15-10-7(5-14-15)9(12)8(4-13-10)11(16)17-3/h4-6H,1-3H3. The first kappa shape index (κ1) is 11.9. The topological polar surface area (TPSA) is 57.0 Å². The zero-order valence-electron chi connectivity index (χ0n) is 9.77. The van der Waals surface area contributed by atoms with Crippen LogP contribution in [0, 0.1) is 0 Å². The van der Waals surface area contributed by atoms with Crippen molar-refractivity contribution in [1.29, 1.82) is 0 Å². The van der Waals surface area contributed by atoms with Crippen LogP contribution in [0.15, 0.2) is 12.4 Å². The number of carbonyl (C=O) groups is 1. The third kappa shape index (κ3) is 1.86. The molecule has 0 saturated heterocycles. The third-order valence-corrected chi connectivity index (χ3v) is 2.86. The summed E-state index contributed by atoms with van der Waals surface area (Å²) in [5, 5.41) is 5.18. The molecule has 0 spiro atoms. The summed E-state index contributed by atoms with van der Waals surface area (Å²) in [6.07, 6.45) is 3.02. The Morgan fingerprint density at radius 2 is 2.18 bits per heavy atom. The minimum atomic E-state index is -0.498. The Morgan fingerprint density at radius 1 is 1.47 bits per heavy atom. The lowest BCUT2D eigenvalue weighted by Crippen LogP contribution is -2.06. The molecule has 17 heavy (non-hydrogen) atoms. The second-order valence-electron chi connectivity index (χ2n) is 3.90. The van der Waals surface area contributed by atoms with E-state index >= 15 is 0 Å². The van der Waals surface area contributed by atoms with E-state index in [1.807, 2.05) is 13.8 Å². The van der Waals surface area contributed by atoms with Crippen LogP contribution in [0.4, 0.5) is 0 Å². The number of aromatic nitrogens is 3. The van der Waals surface area contributed by atoms with Crippen LogP contribution in [-0.2, 0) is 4.74 Å². The van der Waals surface area contributed by atoms with Crippen molar-refractivity contribution in [1.82, 2.24) is 14.8 Å². The van der Waals surface area contributed by atoms with Gasteiger partial charge in [-0.15, -0.1) is 0 Å². The number of nitrogens with zero attached hydrogens (tertiary/aromatic N) is 3. The summed E-state index contributed by atoms with van der Waals surface area (Å²) < 4.78 is 6.38. The third-order valence-electron chi connectivity index (χ3n) is 2.45. The average Bonchev–Trinajstić information content (AvgIpc) is 2.73. The first-order chi connectivity index (χ1) is 8.06. The summed E-state index contributed by atoms with van der Waals surface area (Å²) in [5.74, 6) is -0.498. The molecule has 0 amide bonds. The van der Waals surface area contributed by atoms with Crippen molar-refractivity contribution in [2.45, 2.75) is 19.9 Å². The van der Waals surface area contributed by atoms with Gasteiger partial charge in [-0.2, -0.15) is 5.10 Å². The van der Waals surface area contributed by atoms with Gasteiger partial charge >= 0.3 is 5.97 Å². The van der Waals surface area contributed by atoms with Crippen molar-refractivity contribution in [3.05, 3.63) is 23.0 Å². The fraction of sp³-hybridized carbons (Fsp3) is 0.364. The van der Waals surface area contributed by atoms with Gasteiger partial charge in [-0.3, -0.25) is 0 Å². The highest BCUT2D eigenvalue weighted by molar-refractivity contribution is 6.38. The molecule has 5 nitrogen and oxygen atoms in total. The fourth-order valence-electron chi connectivity index (χ4n) is 1.60. The maximum absolute atomic E-state index is 11.4. The number of hydrogen-bond donors (Lipinski definition) is 0. The molecule has 2 aromatic heterocycles. The first-order valence-electron chi connectivity index (χ1n) is 5.16. The van der Waals surface area contributed by atoms with E-state index in [0.717, 1.165) is 0 Å². The van der Waals surface area contributed by atoms with Crippen molar-refractivity contribution in [2.24, 2.45) is 0 Å². The highest BCUT2D eigenvalue weighted by Crippen LogP contribution is 2.27. The Hall–Kier alpha value is -1.62. The number of esters is 1. The van der Waals surface area contributed by atoms with Crippen molar-refractivity contribution >= 4 is 28.6 Å². The van der Waals surface area contributed by atoms with Crippen LogP contribution in [0.2, 0.25) is 5.02 Å². The highest BCUT2D eigenvalue weighted by atomic mass is 35.5. The first-order valence-corrected chi connectivity index (χ1v) is 5.54. The van der Waals surface area contributed by atoms with Crippen LogP contribution in [0.3, 0.4) is 0 Å². The van der Waals surface area contributed by atoms with Crippen LogP contribution >= 0.6 is 11.6 Å². The number of hydrogen-bond acceptors (Lipinski definition) is 4. The van der Waals surface area contributed by atoms with Crippen LogP contribution < -0.4 is 0 Å². The van der Waals surface area contributed by atoms with Crippen LogP contribution in [0.25, 0.3) is 11.0 Å². The second-order valence-corrected chi connectivity index (χ2v) is 4.28. The predicted octanol–water partition coefficient (Wildman–Crippen LogP) is 2.45. The number of rotatable bonds is 2. The van der Waals surface area contributed by atoms with Crippen molar-refractivity contribution in [3.8, 4) is 0 Å². The van der Waals surface area contributed by atoms with E-state index in [4.69, 9.17) is 11.6 Å². The minimum absolute atomic E-state index is 0.181. The zero-order chi connectivity index (χ0) is 12.6. The molecule has 0 unspecified atom stereocenters. The molecule has 90 valence electrons. The zero-order valence-corrected chi connectivity index (χ0v) is 10.5. The monoisotopic (exact) mass is 253 g/mol. The molecule has 6 heteroatoms. The van der Waals surface area contributed by atoms with E-state index < -0.39 is 5.97 Å². The number of ether oxygens (including phenoxy) is 1. The molecule has 0 aliphatic heterocycles. The number of halogens is 1. The van der Waals surface area contributed by atoms with Crippen LogP contribution in [-0.4, -0.2) is 27.8 Å². The molecule has 0 bridgehead atoms. The molecule has 0 N–H and O–H groups in total. The van der Waals surface area contributed by atoms with Crippen LogP contribution in [0.1, 0.15) is 30.2 Å². The maximum Gasteiger partial charge on any atom is 0.340 e. The van der Waals surface area contributed by atoms with E-state index in [2.05, 4.69) is 14.8 Å². The molecule has 2 rings (SSSR count). The molecule has 0 radical (unpaired) electrons. The molecule has 0 fully saturated rings. The van der Waals surface area contributed by atoms with Gasteiger partial charge in [-0.05, 0) is 13.8 Å². The summed E-state index contributed by atoms with van der Waals surface area (Å²) in [5.41, 5.74) is 0.919. The number of pyridine rings is 1. The molecule has 0 aliphatic carbocycles. The molecule has 0 aromatic carbocycles. The Morgan fingerprint density at radius 3 is 2.76 bits per heavy atom. The van der Waals surface area contributed by atoms with E-state index in [-0.39, 0.29) is 11.6 Å². The maximum atomic E-state index is 11.4. The van der Waals surface area contributed by atoms with Gasteiger partial charge in [-0.1, -0.05) is 11.6 Å². The molecule has 0 atom stereocenters. The van der Waals surface area contributed by atoms with Gasteiger partial charge in [0.05, 0.1) is 29.3 Å². The van der Waals surface area contributed by atoms with E-state index in [1.54, 1.807) is 10.9 Å². The second kappa shape index (κ2) is 4.33. The van der Waals surface area contributed by atoms with Crippen LogP contribution in [0.5, 0.6) is 0 Å². The summed E-state index contributed by atoms with van der Waals surface area (Å²) in [7, 11) is 1.31. The SMILES string of the molecule is COC(=O)c1cnc2c(cnn2C(C)C)c1Cl. The van der Waals surface area contributed by atoms with Gasteiger partial charge < -0.3 is 4.74 Å². The Balaban J connectivity index is 2.66. The van der Waals surface area contributed by atoms with Gasteiger partial charge in [0.1, 0.15) is 0 Å². The smallest absolute Gasteiger partial charge is 0.340 e. The summed E-state index contributed by atoms with van der Waals surface area (Å²) in [6, 6.07) is 0.181. The van der Waals surface area contributed by atoms with Crippen molar-refractivity contribution in [2.75, 3.05) is 7.11 Å². The van der Waals surface area contributed by atoms with Gasteiger partial charge in [0.2, 0.25) is 0 Å². The molecular formula is C11H12ClN3O2. The van der Waals surface area contributed by atoms with E-state index in [0.29, 0.717) is 16.1 Å². The molecular weight excluding hydrogens is 242 g/mol. The Bertz CT molecular complexity index is 577. The normalized spacial score (nSPS) is 11.1. The number of methoxy groups -OCH3 is 1. The molecule has 0 aliphatic rings. The van der Waals surface area contributed by atoms with Crippen molar-refractivity contribution < 1.29 is 9.53 Å². The summed E-state index contributed by atoms with van der Waals surface area (Å²) in [4.78, 5) is 15.7. The summed E-state index contributed by atoms with van der Waals surface area (Å²) >= 11 is 6.14. The van der Waals surface area contributed by atoms with Gasteiger partial charge in [0.15, 0.2) is 5.65 Å². The lowest BCUT2D eigenvalue weighted by molar-refractivity contribution is 0.0600. The summed E-state index contributed by atoms with van der Waals surface area (Å²) in [6.45, 7) is 3.99. The predicted molar refractivity (Wildman–Crippen MR) is 64.3 cm³/mol. The lowest BCUT2D eigenvalue weighted by atomic mass is 10.2. The molecule has 2 heterocycles. The van der Waals surface area contributed by atoms with Gasteiger partial charge in [0.25, 0.3) is 0 Å². The quantitative estimate of drug-likeness (QED) is 0.772. The van der Waals surface area contributed by atoms with Gasteiger partial charge in [0, 0.05) is 12.2 Å².